The maximum atomic E-state index is 5.48. The molecule has 1 atom stereocenters. The summed E-state index contributed by atoms with van der Waals surface area (Å²) in [6, 6.07) is 8.43. The van der Waals surface area contributed by atoms with E-state index in [0.717, 1.165) is 51.1 Å². The number of aliphatic imine (C=N–C) groups is 1. The number of hydrogen-bond donors (Lipinski definition) is 2. The largest absolute Gasteiger partial charge is 0.497 e. The summed E-state index contributed by atoms with van der Waals surface area (Å²) in [5, 5.41) is 6.96. The summed E-state index contributed by atoms with van der Waals surface area (Å²) in [4.78, 5) is 9.07. The van der Waals surface area contributed by atoms with E-state index in [1.807, 2.05) is 19.2 Å². The molecule has 2 N–H and O–H groups in total. The van der Waals surface area contributed by atoms with Gasteiger partial charge in [0.25, 0.3) is 0 Å². The first-order chi connectivity index (χ1) is 13.4. The summed E-state index contributed by atoms with van der Waals surface area (Å²) < 4.78 is 10.9. The van der Waals surface area contributed by atoms with Crippen molar-refractivity contribution in [2.45, 2.75) is 25.4 Å². The highest BCUT2D eigenvalue weighted by Gasteiger charge is 2.28. The van der Waals surface area contributed by atoms with E-state index in [1.165, 1.54) is 5.56 Å². The van der Waals surface area contributed by atoms with Gasteiger partial charge in [-0.25, -0.2) is 0 Å². The molecule has 1 saturated heterocycles. The van der Waals surface area contributed by atoms with E-state index in [0.29, 0.717) is 0 Å². The first-order valence-corrected chi connectivity index (χ1v) is 9.95. The van der Waals surface area contributed by atoms with E-state index < -0.39 is 0 Å². The molecule has 29 heavy (non-hydrogen) atoms. The summed E-state index contributed by atoms with van der Waals surface area (Å²) in [5.74, 6) is 1.69. The third-order valence-electron chi connectivity index (χ3n) is 5.34. The monoisotopic (exact) mass is 519 g/mol. The summed E-state index contributed by atoms with van der Waals surface area (Å²) in [7, 11) is 7.68. The average Bonchev–Trinajstić information content (AvgIpc) is 2.71. The Morgan fingerprint density at radius 1 is 1.28 bits per heavy atom. The molecule has 2 rings (SSSR count). The Hall–Kier alpha value is -1.10. The molecule has 8 heteroatoms. The molecule has 1 aliphatic heterocycles. The van der Waals surface area contributed by atoms with Crippen molar-refractivity contribution in [3.8, 4) is 5.75 Å². The van der Waals surface area contributed by atoms with E-state index in [-0.39, 0.29) is 35.6 Å². The number of halogens is 1. The minimum Gasteiger partial charge on any atom is -0.497 e. The molecule has 0 aliphatic carbocycles. The quantitative estimate of drug-likeness (QED) is 0.312. The lowest BCUT2D eigenvalue weighted by atomic mass is 10.0. The highest BCUT2D eigenvalue weighted by Crippen LogP contribution is 2.22. The fraction of sp³-hybridized carbons (Fsp3) is 0.667. The van der Waals surface area contributed by atoms with Crippen molar-refractivity contribution in [3.05, 3.63) is 29.8 Å². The third-order valence-corrected chi connectivity index (χ3v) is 5.34. The van der Waals surface area contributed by atoms with Gasteiger partial charge in [0.2, 0.25) is 0 Å². The molecule has 7 nitrogen and oxygen atoms in total. The van der Waals surface area contributed by atoms with Crippen LogP contribution < -0.4 is 15.4 Å². The molecular formula is C21H38IN5O2. The number of guanidine groups is 1. The molecule has 1 fully saturated rings. The molecule has 0 saturated carbocycles. The SMILES string of the molecule is CN=C(NCC(c1cccc(OC)c1)N(C)C)NCC(C)(C)N1CCOCC1.I. The molecule has 1 aromatic carbocycles. The van der Waals surface area contributed by atoms with Crippen molar-refractivity contribution in [1.29, 1.82) is 0 Å². The van der Waals surface area contributed by atoms with E-state index in [2.05, 4.69) is 65.5 Å². The fourth-order valence-corrected chi connectivity index (χ4v) is 3.44. The molecule has 0 aromatic heterocycles. The molecule has 1 unspecified atom stereocenters. The van der Waals surface area contributed by atoms with Gasteiger partial charge in [0.1, 0.15) is 5.75 Å². The molecule has 166 valence electrons. The van der Waals surface area contributed by atoms with Gasteiger partial charge in [-0.05, 0) is 45.6 Å². The maximum absolute atomic E-state index is 5.48. The van der Waals surface area contributed by atoms with Crippen molar-refractivity contribution in [1.82, 2.24) is 20.4 Å². The van der Waals surface area contributed by atoms with Crippen LogP contribution in [0, 0.1) is 0 Å². The second kappa shape index (κ2) is 12.6. The number of likely N-dealkylation sites (N-methyl/N-ethyl adjacent to an activating group) is 1. The smallest absolute Gasteiger partial charge is 0.191 e. The second-order valence-electron chi connectivity index (χ2n) is 7.97. The van der Waals surface area contributed by atoms with Crippen LogP contribution in [0.5, 0.6) is 5.75 Å². The van der Waals surface area contributed by atoms with Gasteiger partial charge in [0.05, 0.1) is 26.4 Å². The summed E-state index contributed by atoms with van der Waals surface area (Å²) >= 11 is 0. The maximum Gasteiger partial charge on any atom is 0.191 e. The van der Waals surface area contributed by atoms with Crippen LogP contribution in [-0.4, -0.2) is 88.9 Å². The first-order valence-electron chi connectivity index (χ1n) is 9.95. The van der Waals surface area contributed by atoms with Gasteiger partial charge in [0.15, 0.2) is 5.96 Å². The topological polar surface area (TPSA) is 61.4 Å². The van der Waals surface area contributed by atoms with Gasteiger partial charge < -0.3 is 25.0 Å². The molecule has 0 spiro atoms. The standard InChI is InChI=1S/C21H37N5O2.HI/c1-21(2,26-10-12-28-13-11-26)16-24-20(22-3)23-15-19(25(4)5)17-8-7-9-18(14-17)27-6;/h7-9,14,19H,10-13,15-16H2,1-6H3,(H2,22,23,24);1H. The van der Waals surface area contributed by atoms with Crippen LogP contribution in [0.4, 0.5) is 0 Å². The van der Waals surface area contributed by atoms with Crippen molar-refractivity contribution < 1.29 is 9.47 Å². The highest BCUT2D eigenvalue weighted by molar-refractivity contribution is 14.0. The van der Waals surface area contributed by atoms with Gasteiger partial charge in [0, 0.05) is 38.8 Å². The van der Waals surface area contributed by atoms with Gasteiger partial charge in [-0.15, -0.1) is 24.0 Å². The summed E-state index contributed by atoms with van der Waals surface area (Å²) in [5.41, 5.74) is 1.25. The average molecular weight is 519 g/mol. The number of morpholine rings is 1. The summed E-state index contributed by atoms with van der Waals surface area (Å²) in [6.45, 7) is 9.65. The Morgan fingerprint density at radius 3 is 2.55 bits per heavy atom. The van der Waals surface area contributed by atoms with Gasteiger partial charge in [-0.1, -0.05) is 12.1 Å². The number of rotatable bonds is 8. The zero-order valence-corrected chi connectivity index (χ0v) is 21.0. The van der Waals surface area contributed by atoms with E-state index in [1.54, 1.807) is 7.11 Å². The molecular weight excluding hydrogens is 481 g/mol. The number of methoxy groups -OCH3 is 1. The Kier molecular flexibility index (Phi) is 11.2. The minimum absolute atomic E-state index is 0. The normalized spacial score (nSPS) is 16.9. The van der Waals surface area contributed by atoms with Crippen LogP contribution in [-0.2, 0) is 4.74 Å². The van der Waals surface area contributed by atoms with Gasteiger partial charge in [-0.3, -0.25) is 9.89 Å². The zero-order chi connectivity index (χ0) is 20.6. The highest BCUT2D eigenvalue weighted by atomic mass is 127. The van der Waals surface area contributed by atoms with Crippen molar-refractivity contribution in [2.75, 3.05) is 67.6 Å². The number of benzene rings is 1. The van der Waals surface area contributed by atoms with Crippen molar-refractivity contribution in [2.24, 2.45) is 4.99 Å². The van der Waals surface area contributed by atoms with Crippen LogP contribution in [0.1, 0.15) is 25.5 Å². The summed E-state index contributed by atoms with van der Waals surface area (Å²) in [6.07, 6.45) is 0. The molecule has 0 radical (unpaired) electrons. The Balaban J connectivity index is 0.00000420. The van der Waals surface area contributed by atoms with Crippen LogP contribution in [0.2, 0.25) is 0 Å². The predicted octanol–water partition coefficient (Wildman–Crippen LogP) is 2.19. The van der Waals surface area contributed by atoms with Gasteiger partial charge in [-0.2, -0.15) is 0 Å². The Labute approximate surface area is 193 Å². The lowest BCUT2D eigenvalue weighted by Crippen LogP contribution is -2.56. The number of ether oxygens (including phenoxy) is 2. The Morgan fingerprint density at radius 2 is 1.97 bits per heavy atom. The van der Waals surface area contributed by atoms with Crippen LogP contribution in [0.25, 0.3) is 0 Å². The molecule has 0 amide bonds. The molecule has 1 heterocycles. The zero-order valence-electron chi connectivity index (χ0n) is 18.7. The van der Waals surface area contributed by atoms with Gasteiger partial charge >= 0.3 is 0 Å². The van der Waals surface area contributed by atoms with E-state index in [4.69, 9.17) is 9.47 Å². The lowest BCUT2D eigenvalue weighted by molar-refractivity contribution is -0.00834. The number of nitrogens with one attached hydrogen (secondary N) is 2. The predicted molar refractivity (Wildman–Crippen MR) is 131 cm³/mol. The van der Waals surface area contributed by atoms with Crippen LogP contribution in [0.3, 0.4) is 0 Å². The molecule has 1 aliphatic rings. The fourth-order valence-electron chi connectivity index (χ4n) is 3.44. The third kappa shape index (κ3) is 7.92. The van der Waals surface area contributed by atoms with Crippen LogP contribution >= 0.6 is 24.0 Å². The lowest BCUT2D eigenvalue weighted by Gasteiger charge is -2.41. The molecule has 1 aromatic rings. The second-order valence-corrected chi connectivity index (χ2v) is 7.97. The van der Waals surface area contributed by atoms with Crippen LogP contribution in [0.15, 0.2) is 29.3 Å². The van der Waals surface area contributed by atoms with Crippen molar-refractivity contribution in [3.63, 3.8) is 0 Å². The first kappa shape index (κ1) is 25.9. The number of hydrogen-bond acceptors (Lipinski definition) is 5. The Bertz CT molecular complexity index is 633. The molecule has 0 bridgehead atoms. The van der Waals surface area contributed by atoms with E-state index >= 15 is 0 Å². The number of nitrogens with zero attached hydrogens (tertiary/aromatic N) is 3. The van der Waals surface area contributed by atoms with Crippen molar-refractivity contribution >= 4 is 29.9 Å². The minimum atomic E-state index is 0. The van der Waals surface area contributed by atoms with E-state index in [9.17, 15) is 0 Å².